The third kappa shape index (κ3) is 3.08. The Bertz CT molecular complexity index is 450. The van der Waals surface area contributed by atoms with Crippen molar-refractivity contribution in [1.82, 2.24) is 9.97 Å². The number of rotatable bonds is 4. The molecule has 1 unspecified atom stereocenters. The summed E-state index contributed by atoms with van der Waals surface area (Å²) in [6.45, 7) is 2.94. The third-order valence-electron chi connectivity index (χ3n) is 2.51. The van der Waals surface area contributed by atoms with E-state index in [1.54, 1.807) is 6.92 Å². The summed E-state index contributed by atoms with van der Waals surface area (Å²) >= 11 is 0. The van der Waals surface area contributed by atoms with Gasteiger partial charge < -0.3 is 10.4 Å². The number of anilines is 1. The van der Waals surface area contributed by atoms with E-state index in [0.29, 0.717) is 0 Å². The van der Waals surface area contributed by atoms with Gasteiger partial charge in [0.05, 0.1) is 0 Å². The van der Waals surface area contributed by atoms with Crippen molar-refractivity contribution in [2.24, 2.45) is 0 Å². The Morgan fingerprint density at radius 2 is 2.11 bits per heavy atom. The van der Waals surface area contributed by atoms with E-state index < -0.39 is 23.4 Å². The number of nitrogens with one attached hydrogen (secondary N) is 1. The van der Waals surface area contributed by atoms with Crippen LogP contribution in [0.2, 0.25) is 0 Å². The number of aromatic nitrogens is 2. The fourth-order valence-corrected chi connectivity index (χ4v) is 1.12. The first-order valence-corrected chi connectivity index (χ1v) is 5.11. The van der Waals surface area contributed by atoms with E-state index in [0.717, 1.165) is 12.3 Å². The fraction of sp³-hybridized carbons (Fsp3) is 0.500. The minimum absolute atomic E-state index is 0.169. The molecule has 0 bridgehead atoms. The highest BCUT2D eigenvalue weighted by atomic mass is 19.4. The van der Waals surface area contributed by atoms with Crippen LogP contribution >= 0.6 is 0 Å². The van der Waals surface area contributed by atoms with Gasteiger partial charge in [-0.15, -0.1) is 0 Å². The van der Waals surface area contributed by atoms with Gasteiger partial charge in [0.2, 0.25) is 5.95 Å². The van der Waals surface area contributed by atoms with Crippen LogP contribution < -0.4 is 5.32 Å². The molecule has 100 valence electrons. The lowest BCUT2D eigenvalue weighted by Gasteiger charge is -2.24. The van der Waals surface area contributed by atoms with Crippen LogP contribution in [0.4, 0.5) is 19.1 Å². The van der Waals surface area contributed by atoms with Gasteiger partial charge >= 0.3 is 12.1 Å². The minimum atomic E-state index is -4.59. The van der Waals surface area contributed by atoms with Crippen LogP contribution in [0.15, 0.2) is 12.3 Å². The second-order valence-corrected chi connectivity index (χ2v) is 3.88. The molecule has 0 aliphatic carbocycles. The van der Waals surface area contributed by atoms with Gasteiger partial charge in [-0.05, 0) is 19.4 Å². The first-order valence-electron chi connectivity index (χ1n) is 5.11. The molecule has 1 aromatic rings. The number of hydrogen-bond donors (Lipinski definition) is 2. The molecule has 1 rings (SSSR count). The standard InChI is InChI=1S/C10H12F3N3O2/c1-3-9(2,7(17)18)16-8-14-5-4-6(15-8)10(11,12)13/h4-5H,3H2,1-2H3,(H,17,18)(H,14,15,16). The van der Waals surface area contributed by atoms with E-state index in [2.05, 4.69) is 15.3 Å². The van der Waals surface area contributed by atoms with Crippen LogP contribution in [0.5, 0.6) is 0 Å². The van der Waals surface area contributed by atoms with Crippen molar-refractivity contribution in [2.75, 3.05) is 5.32 Å². The molecule has 5 nitrogen and oxygen atoms in total. The van der Waals surface area contributed by atoms with E-state index in [1.807, 2.05) is 0 Å². The van der Waals surface area contributed by atoms with Crippen LogP contribution in [0.25, 0.3) is 0 Å². The quantitative estimate of drug-likeness (QED) is 0.870. The summed E-state index contributed by atoms with van der Waals surface area (Å²) in [5.74, 6) is -1.55. The van der Waals surface area contributed by atoms with Gasteiger partial charge in [-0.25, -0.2) is 14.8 Å². The largest absolute Gasteiger partial charge is 0.480 e. The number of carboxylic acids is 1. The normalized spacial score (nSPS) is 14.9. The van der Waals surface area contributed by atoms with Crippen molar-refractivity contribution in [3.8, 4) is 0 Å². The lowest BCUT2D eigenvalue weighted by atomic mass is 10.00. The molecule has 0 spiro atoms. The molecule has 2 N–H and O–H groups in total. The van der Waals surface area contributed by atoms with Gasteiger partial charge in [-0.3, -0.25) is 0 Å². The zero-order chi connectivity index (χ0) is 14.0. The molecule has 8 heteroatoms. The van der Waals surface area contributed by atoms with Crippen molar-refractivity contribution in [3.05, 3.63) is 18.0 Å². The minimum Gasteiger partial charge on any atom is -0.480 e. The van der Waals surface area contributed by atoms with E-state index in [4.69, 9.17) is 5.11 Å². The van der Waals surface area contributed by atoms with Crippen molar-refractivity contribution >= 4 is 11.9 Å². The van der Waals surface area contributed by atoms with Crippen LogP contribution in [-0.4, -0.2) is 26.6 Å². The Morgan fingerprint density at radius 1 is 1.50 bits per heavy atom. The molecule has 1 heterocycles. The highest BCUT2D eigenvalue weighted by molar-refractivity contribution is 5.81. The smallest absolute Gasteiger partial charge is 0.433 e. The zero-order valence-corrected chi connectivity index (χ0v) is 9.75. The predicted molar refractivity (Wildman–Crippen MR) is 57.0 cm³/mol. The van der Waals surface area contributed by atoms with E-state index in [-0.39, 0.29) is 12.4 Å². The summed E-state index contributed by atoms with van der Waals surface area (Å²) in [7, 11) is 0. The molecule has 0 aliphatic heterocycles. The van der Waals surface area contributed by atoms with Gasteiger partial charge in [-0.1, -0.05) is 6.92 Å². The molecule has 0 fully saturated rings. The highest BCUT2D eigenvalue weighted by Crippen LogP contribution is 2.28. The summed E-state index contributed by atoms with van der Waals surface area (Å²) in [6.07, 6.45) is -3.50. The maximum absolute atomic E-state index is 12.4. The molecule has 1 atom stereocenters. The van der Waals surface area contributed by atoms with Crippen molar-refractivity contribution in [2.45, 2.75) is 32.0 Å². The molecular formula is C10H12F3N3O2. The van der Waals surface area contributed by atoms with Gasteiger partial charge in [0.25, 0.3) is 0 Å². The van der Waals surface area contributed by atoms with E-state index in [9.17, 15) is 18.0 Å². The number of halogens is 3. The summed E-state index contributed by atoms with van der Waals surface area (Å²) in [5, 5.41) is 11.4. The molecule has 0 aromatic carbocycles. The van der Waals surface area contributed by atoms with Crippen molar-refractivity contribution in [1.29, 1.82) is 0 Å². The monoisotopic (exact) mass is 263 g/mol. The average molecular weight is 263 g/mol. The maximum Gasteiger partial charge on any atom is 0.433 e. The lowest BCUT2D eigenvalue weighted by Crippen LogP contribution is -2.43. The Balaban J connectivity index is 3.02. The number of nitrogens with zero attached hydrogens (tertiary/aromatic N) is 2. The lowest BCUT2D eigenvalue weighted by molar-refractivity contribution is -0.141. The average Bonchev–Trinajstić information content (AvgIpc) is 2.28. The topological polar surface area (TPSA) is 75.1 Å². The SMILES string of the molecule is CCC(C)(Nc1nccc(C(F)(F)F)n1)C(=O)O. The first-order chi connectivity index (χ1) is 8.19. The number of carboxylic acid groups (broad SMARTS) is 1. The number of hydrogen-bond acceptors (Lipinski definition) is 4. The second kappa shape index (κ2) is 4.79. The number of alkyl halides is 3. The van der Waals surface area contributed by atoms with Gasteiger partial charge in [0.15, 0.2) is 0 Å². The second-order valence-electron chi connectivity index (χ2n) is 3.88. The van der Waals surface area contributed by atoms with Crippen LogP contribution in [0.3, 0.4) is 0 Å². The molecule has 0 saturated carbocycles. The molecule has 0 saturated heterocycles. The Hall–Kier alpha value is -1.86. The molecule has 0 aliphatic rings. The highest BCUT2D eigenvalue weighted by Gasteiger charge is 2.35. The number of aliphatic carboxylic acids is 1. The number of carbonyl (C=O) groups is 1. The van der Waals surface area contributed by atoms with Gasteiger partial charge in [-0.2, -0.15) is 13.2 Å². The Kier molecular flexibility index (Phi) is 3.78. The van der Waals surface area contributed by atoms with E-state index >= 15 is 0 Å². The molecule has 1 aromatic heterocycles. The Morgan fingerprint density at radius 3 is 2.56 bits per heavy atom. The summed E-state index contributed by atoms with van der Waals surface area (Å²) in [4.78, 5) is 17.8. The van der Waals surface area contributed by atoms with Crippen molar-refractivity contribution < 1.29 is 23.1 Å². The molecule has 0 radical (unpaired) electrons. The van der Waals surface area contributed by atoms with Gasteiger partial charge in [0, 0.05) is 6.20 Å². The van der Waals surface area contributed by atoms with Crippen LogP contribution in [0, 0.1) is 0 Å². The summed E-state index contributed by atoms with van der Waals surface area (Å²) in [6, 6.07) is 0.717. The zero-order valence-electron chi connectivity index (χ0n) is 9.75. The Labute approximate surface area is 101 Å². The first kappa shape index (κ1) is 14.2. The summed E-state index contributed by atoms with van der Waals surface area (Å²) in [5.41, 5.74) is -2.53. The van der Waals surface area contributed by atoms with Gasteiger partial charge in [0.1, 0.15) is 11.2 Å². The predicted octanol–water partition coefficient (Wildman–Crippen LogP) is 2.16. The van der Waals surface area contributed by atoms with E-state index in [1.165, 1.54) is 6.92 Å². The van der Waals surface area contributed by atoms with Crippen molar-refractivity contribution in [3.63, 3.8) is 0 Å². The molecular weight excluding hydrogens is 251 g/mol. The molecule has 0 amide bonds. The van der Waals surface area contributed by atoms with Crippen LogP contribution in [-0.2, 0) is 11.0 Å². The maximum atomic E-state index is 12.4. The fourth-order valence-electron chi connectivity index (χ4n) is 1.12. The van der Waals surface area contributed by atoms with Crippen LogP contribution in [0.1, 0.15) is 26.0 Å². The molecule has 18 heavy (non-hydrogen) atoms. The summed E-state index contributed by atoms with van der Waals surface area (Å²) < 4.78 is 37.2. The third-order valence-corrected chi connectivity index (χ3v) is 2.51.